The fraction of sp³-hybridized carbons (Fsp3) is 0.688. The Balaban J connectivity index is 1.53. The minimum absolute atomic E-state index is 0.0175. The maximum absolute atomic E-state index is 14.1. The molecule has 4 aliphatic rings. The fourth-order valence-corrected chi connectivity index (χ4v) is 7.80. The minimum Gasteiger partial charge on any atom is -0.496 e. The van der Waals surface area contributed by atoms with Crippen molar-refractivity contribution < 1.29 is 83.7 Å². The summed E-state index contributed by atoms with van der Waals surface area (Å²) in [4.78, 5) is 27.7. The summed E-state index contributed by atoms with van der Waals surface area (Å²) in [6, 6.07) is 3.23. The number of ether oxygens (including phenoxy) is 3. The van der Waals surface area contributed by atoms with E-state index in [1.165, 1.54) is 32.2 Å². The summed E-state index contributed by atoms with van der Waals surface area (Å²) in [5, 5.41) is 51.5. The number of carbonyl (C=O) groups is 2. The number of nitrogens with two attached hydrogens (primary N) is 1. The molecular weight excluding hydrogens is 741 g/mol. The summed E-state index contributed by atoms with van der Waals surface area (Å²) in [5.74, 6) is -27.7. The van der Waals surface area contributed by atoms with E-state index in [9.17, 15) is 69.5 Å². The molecule has 2 saturated carbocycles. The van der Waals surface area contributed by atoms with E-state index in [0.29, 0.717) is 0 Å². The van der Waals surface area contributed by atoms with Gasteiger partial charge in [0.2, 0.25) is 0 Å². The Morgan fingerprint density at radius 2 is 1.58 bits per heavy atom. The first-order chi connectivity index (χ1) is 24.3. The maximum Gasteiger partial charge on any atom is 0.460 e. The van der Waals surface area contributed by atoms with Crippen molar-refractivity contribution in [1.29, 1.82) is 0 Å². The number of nitrogens with zero attached hydrogens (tertiary/aromatic N) is 2. The van der Waals surface area contributed by atoms with Crippen LogP contribution in [0.4, 0.5) is 39.5 Å². The van der Waals surface area contributed by atoms with Crippen LogP contribution in [0.2, 0.25) is 0 Å². The predicted molar refractivity (Wildman–Crippen MR) is 162 cm³/mol. The molecule has 3 fully saturated rings. The molecule has 12 nitrogen and oxygen atoms in total. The van der Waals surface area contributed by atoms with Gasteiger partial charge in [0.15, 0.2) is 17.9 Å². The lowest BCUT2D eigenvalue weighted by molar-refractivity contribution is -0.384. The Morgan fingerprint density at radius 3 is 2.17 bits per heavy atom. The molecule has 296 valence electrons. The minimum atomic E-state index is -7.19. The highest BCUT2D eigenvalue weighted by Gasteiger charge is 2.81. The van der Waals surface area contributed by atoms with Crippen LogP contribution in [-0.2, 0) is 9.47 Å². The first-order valence-corrected chi connectivity index (χ1v) is 16.2. The number of fused-ring (bicyclic) bond motifs is 3. The van der Waals surface area contributed by atoms with Gasteiger partial charge in [-0.05, 0) is 32.3 Å². The van der Waals surface area contributed by atoms with Crippen LogP contribution < -0.4 is 10.5 Å². The number of methoxy groups -OCH3 is 1. The van der Waals surface area contributed by atoms with Crippen LogP contribution in [-0.4, -0.2) is 123 Å². The van der Waals surface area contributed by atoms with Crippen molar-refractivity contribution in [1.82, 2.24) is 0 Å². The molecule has 1 heterocycles. The van der Waals surface area contributed by atoms with Crippen LogP contribution in [0, 0.1) is 23.7 Å². The number of carbonyl (C=O) groups excluding carboxylic acids is 2. The van der Waals surface area contributed by atoms with Crippen molar-refractivity contribution in [3.8, 4) is 5.75 Å². The largest absolute Gasteiger partial charge is 0.496 e. The van der Waals surface area contributed by atoms with Crippen molar-refractivity contribution in [2.75, 3.05) is 7.11 Å². The van der Waals surface area contributed by atoms with Crippen molar-refractivity contribution in [3.63, 3.8) is 0 Å². The van der Waals surface area contributed by atoms with E-state index in [1.54, 1.807) is 0 Å². The molecular formula is C32H36F9N3O9. The first kappa shape index (κ1) is 41.0. The second-order valence-corrected chi connectivity index (χ2v) is 13.9. The highest BCUT2D eigenvalue weighted by Crippen LogP contribution is 2.55. The lowest BCUT2D eigenvalue weighted by atomic mass is 9.52. The zero-order valence-corrected chi connectivity index (χ0v) is 28.0. The number of hydrogen-bond donors (Lipinski definition) is 5. The Kier molecular flexibility index (Phi) is 10.7. The lowest BCUT2D eigenvalue weighted by Crippen LogP contribution is -2.66. The maximum atomic E-state index is 14.1. The molecule has 0 unspecified atom stereocenters. The summed E-state index contributed by atoms with van der Waals surface area (Å²) in [6.45, 7) is 2.37. The van der Waals surface area contributed by atoms with Gasteiger partial charge in [-0.25, -0.2) is 0 Å². The van der Waals surface area contributed by atoms with Crippen LogP contribution in [0.5, 0.6) is 5.75 Å². The van der Waals surface area contributed by atoms with Crippen molar-refractivity contribution >= 4 is 23.5 Å². The Bertz CT molecular complexity index is 1650. The third kappa shape index (κ3) is 6.64. The van der Waals surface area contributed by atoms with E-state index < -0.39 is 132 Å². The zero-order chi connectivity index (χ0) is 39.8. The molecule has 1 aliphatic heterocycles. The molecule has 0 bridgehead atoms. The Morgan fingerprint density at radius 1 is 0.962 bits per heavy atom. The number of rotatable bonds is 8. The smallest absolute Gasteiger partial charge is 0.460 e. The van der Waals surface area contributed by atoms with Crippen molar-refractivity contribution in [2.45, 2.75) is 106 Å². The summed E-state index contributed by atoms with van der Waals surface area (Å²) in [7, 11) is 1.25. The number of ketones is 2. The molecule has 6 N–H and O–H groups in total. The Hall–Kier alpha value is -3.21. The van der Waals surface area contributed by atoms with Gasteiger partial charge in [0.1, 0.15) is 17.6 Å². The number of alkyl halides is 9. The standard InChI is InChI=1S/C32H36F9N3O9/c1-11-23(45)15(42)7-18(52-11)53-17-9-28(50,12(2)44-43-10-29(33,34)30(35,36)31(37,38)32(39,40)41)8-14-20(17)27(49)22-21(25(14)47)24(46)13-5-4-6-16(51-3)19(13)26(22)48/h4-6,10-11,14-15,17-18,20-23,25,27,45,47,49-50H,7-9,42H2,1-3H3/t11-,14+,15-,17+,18+,20+,21-,22+,23-,25-,27+,28+/m1/s1. The third-order valence-corrected chi connectivity index (χ3v) is 10.7. The van der Waals surface area contributed by atoms with Gasteiger partial charge in [-0.15, -0.1) is 0 Å². The monoisotopic (exact) mass is 777 g/mol. The average Bonchev–Trinajstić information content (AvgIpc) is 3.06. The summed E-state index contributed by atoms with van der Waals surface area (Å²) < 4.78 is 137. The van der Waals surface area contributed by atoms with Crippen LogP contribution in [0.15, 0.2) is 28.4 Å². The molecule has 0 radical (unpaired) electrons. The van der Waals surface area contributed by atoms with Crippen LogP contribution >= 0.6 is 0 Å². The topological polar surface area (TPSA) is 193 Å². The van der Waals surface area contributed by atoms with E-state index in [0.717, 1.165) is 6.92 Å². The van der Waals surface area contributed by atoms with E-state index in [2.05, 4.69) is 10.2 Å². The summed E-state index contributed by atoms with van der Waals surface area (Å²) >= 11 is 0. The number of hydrogen-bond acceptors (Lipinski definition) is 12. The summed E-state index contributed by atoms with van der Waals surface area (Å²) in [6.07, 6.45) is -18.2. The van der Waals surface area contributed by atoms with E-state index in [1.807, 2.05) is 0 Å². The molecule has 0 amide bonds. The normalized spacial score (nSPS) is 37.3. The predicted octanol–water partition coefficient (Wildman–Crippen LogP) is 2.92. The van der Waals surface area contributed by atoms with Gasteiger partial charge in [0.05, 0.1) is 60.7 Å². The molecule has 1 aromatic carbocycles. The summed E-state index contributed by atoms with van der Waals surface area (Å²) in [5.41, 5.74) is 2.59. The molecule has 53 heavy (non-hydrogen) atoms. The number of benzene rings is 1. The molecule has 1 aromatic rings. The third-order valence-electron chi connectivity index (χ3n) is 10.7. The molecule has 5 rings (SSSR count). The van der Waals surface area contributed by atoms with Gasteiger partial charge < -0.3 is 40.4 Å². The van der Waals surface area contributed by atoms with Crippen LogP contribution in [0.3, 0.4) is 0 Å². The quantitative estimate of drug-likeness (QED) is 0.149. The number of aliphatic hydroxyl groups excluding tert-OH is 3. The van der Waals surface area contributed by atoms with Crippen LogP contribution in [0.1, 0.15) is 53.8 Å². The van der Waals surface area contributed by atoms with E-state index in [-0.39, 0.29) is 23.3 Å². The average molecular weight is 778 g/mol. The SMILES string of the molecule is COc1cccc2c1C(=O)[C@H]1[C@@H](O)[C@H]3[C@H](C[C@@](O)(C(C)=NN=CC(F)(F)C(F)(F)C(F)(F)C(F)(F)F)C[C@@H]3O[C@H]3C[C@@H](N)[C@H](O)[C@@H](C)O3)[C@@H](O)[C@H]1C2=O. The van der Waals surface area contributed by atoms with Crippen molar-refractivity contribution in [3.05, 3.63) is 29.3 Å². The van der Waals surface area contributed by atoms with Gasteiger partial charge in [-0.1, -0.05) is 12.1 Å². The highest BCUT2D eigenvalue weighted by atomic mass is 19.4. The number of aliphatic hydroxyl groups is 4. The van der Waals surface area contributed by atoms with E-state index >= 15 is 0 Å². The van der Waals surface area contributed by atoms with E-state index in [4.69, 9.17) is 19.9 Å². The first-order valence-electron chi connectivity index (χ1n) is 16.2. The van der Waals surface area contributed by atoms with Gasteiger partial charge >= 0.3 is 23.9 Å². The molecule has 0 spiro atoms. The van der Waals surface area contributed by atoms with Gasteiger partial charge in [0, 0.05) is 30.4 Å². The lowest BCUT2D eigenvalue weighted by Gasteiger charge is -2.56. The second-order valence-electron chi connectivity index (χ2n) is 13.9. The molecule has 21 heteroatoms. The molecule has 3 aliphatic carbocycles. The number of Topliss-reactive ketones (excluding diaryl/α,β-unsaturated/α-hetero) is 2. The van der Waals surface area contributed by atoms with Gasteiger partial charge in [-0.2, -0.15) is 49.7 Å². The second kappa shape index (κ2) is 13.8. The fourth-order valence-electron chi connectivity index (χ4n) is 7.80. The molecule has 1 saturated heterocycles. The zero-order valence-electron chi connectivity index (χ0n) is 28.0. The number of halogens is 9. The van der Waals surface area contributed by atoms with Gasteiger partial charge in [0.25, 0.3) is 0 Å². The van der Waals surface area contributed by atoms with Crippen molar-refractivity contribution in [2.24, 2.45) is 39.6 Å². The highest BCUT2D eigenvalue weighted by molar-refractivity contribution is 6.18. The Labute approximate surface area is 294 Å². The molecule has 0 aromatic heterocycles. The van der Waals surface area contributed by atoms with Gasteiger partial charge in [-0.3, -0.25) is 9.59 Å². The molecule has 12 atom stereocenters. The van der Waals surface area contributed by atoms with Crippen LogP contribution in [0.25, 0.3) is 0 Å².